The highest BCUT2D eigenvalue weighted by Gasteiger charge is 2.20. The van der Waals surface area contributed by atoms with Gasteiger partial charge in [-0.15, -0.1) is 10.2 Å². The molecule has 1 N–H and O–H groups in total. The molecule has 0 aliphatic carbocycles. The fraction of sp³-hybridized carbons (Fsp3) is 0.407. The Morgan fingerprint density at radius 2 is 1.75 bits per heavy atom. The van der Waals surface area contributed by atoms with Gasteiger partial charge in [0.15, 0.2) is 11.5 Å². The highest BCUT2D eigenvalue weighted by Crippen LogP contribution is 2.28. The van der Waals surface area contributed by atoms with E-state index in [2.05, 4.69) is 37.1 Å². The number of hydrogen-bond acceptors (Lipinski definition) is 8. The highest BCUT2D eigenvalue weighted by atomic mass is 16.5. The van der Waals surface area contributed by atoms with E-state index in [1.165, 1.54) is 6.20 Å². The minimum absolute atomic E-state index is 0.0842. The molecule has 0 spiro atoms. The number of anilines is 1. The summed E-state index contributed by atoms with van der Waals surface area (Å²) in [5.74, 6) is 1.66. The Kier molecular flexibility index (Phi) is 8.32. The molecule has 0 saturated carbocycles. The number of carbonyl (C=O) groups is 1. The fourth-order valence-electron chi connectivity index (χ4n) is 4.43. The van der Waals surface area contributed by atoms with E-state index < -0.39 is 0 Å². The van der Waals surface area contributed by atoms with E-state index in [0.29, 0.717) is 25.4 Å². The van der Waals surface area contributed by atoms with Crippen LogP contribution in [0.5, 0.6) is 11.5 Å². The minimum Gasteiger partial charge on any atom is -0.506 e. The van der Waals surface area contributed by atoms with E-state index in [0.717, 1.165) is 61.0 Å². The smallest absolute Gasteiger partial charge is 0.274 e. The van der Waals surface area contributed by atoms with Crippen molar-refractivity contribution in [1.82, 2.24) is 25.0 Å². The van der Waals surface area contributed by atoms with Gasteiger partial charge in [0.1, 0.15) is 11.5 Å². The summed E-state index contributed by atoms with van der Waals surface area (Å²) >= 11 is 0. The zero-order valence-corrected chi connectivity index (χ0v) is 21.2. The first kappa shape index (κ1) is 25.4. The molecule has 3 aromatic rings. The van der Waals surface area contributed by atoms with Gasteiger partial charge in [-0.25, -0.2) is 0 Å². The van der Waals surface area contributed by atoms with Crippen LogP contribution in [0.4, 0.5) is 5.82 Å². The Labute approximate surface area is 212 Å². The number of aromatic hydroxyl groups is 1. The molecule has 4 rings (SSSR count). The summed E-state index contributed by atoms with van der Waals surface area (Å²) in [7, 11) is 0. The average Bonchev–Trinajstić information content (AvgIpc) is 2.90. The molecule has 1 aromatic carbocycles. The molecule has 1 fully saturated rings. The van der Waals surface area contributed by atoms with E-state index in [1.54, 1.807) is 23.2 Å². The molecule has 190 valence electrons. The standard InChI is InChI=1S/C27H34N6O3/c1-4-32(5-2)27(35)25-7-8-26(30-29-25)33-11-9-31(10-12-33)19-20-13-21(16-24(14-20)36-6-3)22-15-23(34)18-28-17-22/h7-8,13-18,34H,4-6,9-12,19H2,1-3H3. The normalized spacial score (nSPS) is 14.0. The van der Waals surface area contributed by atoms with Crippen molar-refractivity contribution in [3.8, 4) is 22.6 Å². The predicted octanol–water partition coefficient (Wildman–Crippen LogP) is 3.45. The molecule has 0 unspecified atom stereocenters. The zero-order valence-electron chi connectivity index (χ0n) is 21.2. The van der Waals surface area contributed by atoms with Gasteiger partial charge in [0.05, 0.1) is 12.8 Å². The van der Waals surface area contributed by atoms with Crippen LogP contribution in [-0.4, -0.2) is 81.9 Å². The molecule has 0 radical (unpaired) electrons. The fourth-order valence-corrected chi connectivity index (χ4v) is 4.43. The van der Waals surface area contributed by atoms with Crippen LogP contribution in [0.3, 0.4) is 0 Å². The van der Waals surface area contributed by atoms with Gasteiger partial charge < -0.3 is 19.6 Å². The monoisotopic (exact) mass is 490 g/mol. The zero-order chi connectivity index (χ0) is 25.5. The van der Waals surface area contributed by atoms with Crippen LogP contribution in [-0.2, 0) is 6.54 Å². The first-order valence-corrected chi connectivity index (χ1v) is 12.5. The van der Waals surface area contributed by atoms with Crippen LogP contribution in [0.25, 0.3) is 11.1 Å². The molecule has 9 nitrogen and oxygen atoms in total. The number of ether oxygens (including phenoxy) is 1. The lowest BCUT2D eigenvalue weighted by Crippen LogP contribution is -2.46. The lowest BCUT2D eigenvalue weighted by atomic mass is 10.0. The van der Waals surface area contributed by atoms with Crippen LogP contribution >= 0.6 is 0 Å². The van der Waals surface area contributed by atoms with E-state index in [1.807, 2.05) is 32.9 Å². The van der Waals surface area contributed by atoms with Gasteiger partial charge in [0, 0.05) is 57.6 Å². The summed E-state index contributed by atoms with van der Waals surface area (Å²) in [6.07, 6.45) is 3.17. The van der Waals surface area contributed by atoms with E-state index >= 15 is 0 Å². The average molecular weight is 491 g/mol. The molecule has 36 heavy (non-hydrogen) atoms. The second-order valence-corrected chi connectivity index (χ2v) is 8.75. The SMILES string of the molecule is CCOc1cc(CN2CCN(c3ccc(C(=O)N(CC)CC)nn3)CC2)cc(-c2cncc(O)c2)c1. The van der Waals surface area contributed by atoms with E-state index in [4.69, 9.17) is 4.74 Å². The second kappa shape index (κ2) is 11.8. The van der Waals surface area contributed by atoms with Crippen LogP contribution in [0.1, 0.15) is 36.8 Å². The molecule has 3 heterocycles. The van der Waals surface area contributed by atoms with Gasteiger partial charge >= 0.3 is 0 Å². The summed E-state index contributed by atoms with van der Waals surface area (Å²) < 4.78 is 5.81. The van der Waals surface area contributed by atoms with Crippen molar-refractivity contribution in [2.75, 3.05) is 50.8 Å². The first-order valence-electron chi connectivity index (χ1n) is 12.5. The van der Waals surface area contributed by atoms with Crippen molar-refractivity contribution in [3.05, 3.63) is 60.0 Å². The molecule has 9 heteroatoms. The summed E-state index contributed by atoms with van der Waals surface area (Å²) in [6.45, 7) is 12.0. The maximum atomic E-state index is 12.5. The van der Waals surface area contributed by atoms with Crippen LogP contribution < -0.4 is 9.64 Å². The lowest BCUT2D eigenvalue weighted by molar-refractivity contribution is 0.0766. The van der Waals surface area contributed by atoms with Gasteiger partial charge in [0.25, 0.3) is 5.91 Å². The van der Waals surface area contributed by atoms with Gasteiger partial charge in [-0.2, -0.15) is 0 Å². The lowest BCUT2D eigenvalue weighted by Gasteiger charge is -2.35. The number of aromatic nitrogens is 3. The van der Waals surface area contributed by atoms with Crippen molar-refractivity contribution < 1.29 is 14.6 Å². The third kappa shape index (κ3) is 6.09. The van der Waals surface area contributed by atoms with Crippen molar-refractivity contribution in [2.45, 2.75) is 27.3 Å². The van der Waals surface area contributed by atoms with Crippen molar-refractivity contribution in [1.29, 1.82) is 0 Å². The number of pyridine rings is 1. The Balaban J connectivity index is 1.40. The molecular formula is C27H34N6O3. The molecule has 1 aliphatic heterocycles. The Hall–Kier alpha value is -3.72. The number of carbonyl (C=O) groups excluding carboxylic acids is 1. The third-order valence-electron chi connectivity index (χ3n) is 6.36. The number of nitrogens with zero attached hydrogens (tertiary/aromatic N) is 6. The molecular weight excluding hydrogens is 456 g/mol. The highest BCUT2D eigenvalue weighted by molar-refractivity contribution is 5.92. The van der Waals surface area contributed by atoms with Gasteiger partial charge in [-0.3, -0.25) is 14.7 Å². The summed E-state index contributed by atoms with van der Waals surface area (Å²) in [5.41, 5.74) is 3.34. The molecule has 2 aromatic heterocycles. The van der Waals surface area contributed by atoms with E-state index in [9.17, 15) is 9.90 Å². The quantitative estimate of drug-likeness (QED) is 0.487. The molecule has 1 saturated heterocycles. The topological polar surface area (TPSA) is 94.9 Å². The third-order valence-corrected chi connectivity index (χ3v) is 6.36. The number of rotatable bonds is 9. The van der Waals surface area contributed by atoms with Crippen molar-refractivity contribution in [3.63, 3.8) is 0 Å². The van der Waals surface area contributed by atoms with Gasteiger partial charge in [-0.1, -0.05) is 0 Å². The number of amides is 1. The largest absolute Gasteiger partial charge is 0.506 e. The Morgan fingerprint density at radius 3 is 2.39 bits per heavy atom. The molecule has 1 aliphatic rings. The number of hydrogen-bond donors (Lipinski definition) is 1. The van der Waals surface area contributed by atoms with Crippen molar-refractivity contribution >= 4 is 11.7 Å². The summed E-state index contributed by atoms with van der Waals surface area (Å²) in [6, 6.07) is 11.6. The minimum atomic E-state index is -0.0842. The molecule has 1 amide bonds. The number of piperazine rings is 1. The molecule has 0 atom stereocenters. The summed E-state index contributed by atoms with van der Waals surface area (Å²) in [5, 5.41) is 18.4. The van der Waals surface area contributed by atoms with E-state index in [-0.39, 0.29) is 11.7 Å². The van der Waals surface area contributed by atoms with Crippen LogP contribution in [0.2, 0.25) is 0 Å². The van der Waals surface area contributed by atoms with Gasteiger partial charge in [0.2, 0.25) is 0 Å². The molecule has 0 bridgehead atoms. The van der Waals surface area contributed by atoms with Gasteiger partial charge in [-0.05, 0) is 68.3 Å². The predicted molar refractivity (Wildman–Crippen MR) is 139 cm³/mol. The van der Waals surface area contributed by atoms with Crippen molar-refractivity contribution in [2.24, 2.45) is 0 Å². The maximum Gasteiger partial charge on any atom is 0.274 e. The van der Waals surface area contributed by atoms with Crippen LogP contribution in [0.15, 0.2) is 48.8 Å². The second-order valence-electron chi connectivity index (χ2n) is 8.75. The Morgan fingerprint density at radius 1 is 0.972 bits per heavy atom. The number of benzene rings is 1. The summed E-state index contributed by atoms with van der Waals surface area (Å²) in [4.78, 5) is 22.9. The van der Waals surface area contributed by atoms with Crippen LogP contribution in [0, 0.1) is 0 Å². The first-order chi connectivity index (χ1) is 17.5. The Bertz CT molecular complexity index is 1160. The maximum absolute atomic E-state index is 12.5.